The molecule has 0 aromatic heterocycles. The highest BCUT2D eigenvalue weighted by Gasteiger charge is 2.28. The maximum atomic E-state index is 6.10. The summed E-state index contributed by atoms with van der Waals surface area (Å²) in [7, 11) is -0.265. The Morgan fingerprint density at radius 2 is 1.48 bits per heavy atom. The molecule has 1 heterocycles. The lowest BCUT2D eigenvalue weighted by Crippen LogP contribution is -2.44. The molecule has 0 amide bonds. The van der Waals surface area contributed by atoms with Crippen molar-refractivity contribution >= 4 is 35.8 Å². The van der Waals surface area contributed by atoms with Crippen molar-refractivity contribution in [1.82, 2.24) is 0 Å². The van der Waals surface area contributed by atoms with Gasteiger partial charge in [-0.25, -0.2) is 0 Å². The first kappa shape index (κ1) is 20.7. The van der Waals surface area contributed by atoms with Gasteiger partial charge in [0.1, 0.15) is 0 Å². The number of halogens is 2. The minimum absolute atomic E-state index is 0.265. The van der Waals surface area contributed by atoms with Crippen LogP contribution in [0.1, 0.15) is 45.4 Å². The van der Waals surface area contributed by atoms with Gasteiger partial charge in [-0.1, -0.05) is 86.5 Å². The molecule has 1 saturated heterocycles. The van der Waals surface area contributed by atoms with Gasteiger partial charge in [0.2, 0.25) is 0 Å². The first-order valence-corrected chi connectivity index (χ1v) is 10.7. The molecule has 0 radical (unpaired) electrons. The van der Waals surface area contributed by atoms with E-state index in [1.165, 1.54) is 38.5 Å². The van der Waals surface area contributed by atoms with Crippen molar-refractivity contribution in [3.8, 4) is 11.1 Å². The van der Waals surface area contributed by atoms with Gasteiger partial charge < -0.3 is 9.31 Å². The van der Waals surface area contributed by atoms with Gasteiger partial charge in [-0.05, 0) is 41.2 Å². The maximum Gasteiger partial charge on any atom is 0.493 e. The van der Waals surface area contributed by atoms with Gasteiger partial charge in [-0.3, -0.25) is 0 Å². The van der Waals surface area contributed by atoms with Crippen LogP contribution in [-0.2, 0) is 9.31 Å². The molecule has 3 rings (SSSR count). The smallest absolute Gasteiger partial charge is 0.407 e. The standard InChI is InChI=1S/C22H27BCl2O2/c1-2-3-4-5-6-7-17-15-26-23(27-16-17)20-10-8-18(9-11-20)19-12-21(24)14-22(25)13-19/h8-14,17H,2-7,15-16H2,1H3. The lowest BCUT2D eigenvalue weighted by atomic mass is 9.76. The molecule has 27 heavy (non-hydrogen) atoms. The average molecular weight is 405 g/mol. The molecule has 0 spiro atoms. The van der Waals surface area contributed by atoms with Crippen LogP contribution in [0.4, 0.5) is 0 Å². The van der Waals surface area contributed by atoms with Crippen LogP contribution in [0.25, 0.3) is 11.1 Å². The Morgan fingerprint density at radius 1 is 0.852 bits per heavy atom. The quantitative estimate of drug-likeness (QED) is 0.375. The third kappa shape index (κ3) is 6.25. The van der Waals surface area contributed by atoms with Crippen LogP contribution in [0.15, 0.2) is 42.5 Å². The topological polar surface area (TPSA) is 18.5 Å². The maximum absolute atomic E-state index is 6.10. The first-order chi connectivity index (χ1) is 13.2. The van der Waals surface area contributed by atoms with Gasteiger partial charge >= 0.3 is 7.12 Å². The highest BCUT2D eigenvalue weighted by molar-refractivity contribution is 6.61. The van der Waals surface area contributed by atoms with E-state index in [1.54, 1.807) is 6.07 Å². The average Bonchev–Trinajstić information content (AvgIpc) is 2.68. The van der Waals surface area contributed by atoms with Gasteiger partial charge in [0.05, 0.1) is 0 Å². The Labute approximate surface area is 173 Å². The summed E-state index contributed by atoms with van der Waals surface area (Å²) >= 11 is 12.2. The number of unbranched alkanes of at least 4 members (excludes halogenated alkanes) is 4. The summed E-state index contributed by atoms with van der Waals surface area (Å²) in [6.07, 6.45) is 7.78. The van der Waals surface area contributed by atoms with E-state index in [1.807, 2.05) is 12.1 Å². The van der Waals surface area contributed by atoms with Gasteiger partial charge in [0.25, 0.3) is 0 Å². The fraction of sp³-hybridized carbons (Fsp3) is 0.455. The second-order valence-corrected chi connectivity index (χ2v) is 8.22. The minimum Gasteiger partial charge on any atom is -0.407 e. The Bertz CT molecular complexity index is 693. The Kier molecular flexibility index (Phi) is 8.08. The van der Waals surface area contributed by atoms with E-state index in [4.69, 9.17) is 32.5 Å². The largest absolute Gasteiger partial charge is 0.493 e. The molecule has 0 saturated carbocycles. The van der Waals surface area contributed by atoms with E-state index in [0.717, 1.165) is 29.8 Å². The highest BCUT2D eigenvalue weighted by atomic mass is 35.5. The minimum atomic E-state index is -0.265. The first-order valence-electron chi connectivity index (χ1n) is 9.95. The molecule has 1 aliphatic heterocycles. The van der Waals surface area contributed by atoms with E-state index >= 15 is 0 Å². The molecule has 0 N–H and O–H groups in total. The molecule has 0 unspecified atom stereocenters. The zero-order valence-electron chi connectivity index (χ0n) is 15.9. The molecule has 0 bridgehead atoms. The number of rotatable bonds is 8. The predicted octanol–water partition coefficient (Wildman–Crippen LogP) is 6.38. The van der Waals surface area contributed by atoms with Gasteiger partial charge in [-0.2, -0.15) is 0 Å². The van der Waals surface area contributed by atoms with E-state index in [9.17, 15) is 0 Å². The molecule has 1 fully saturated rings. The van der Waals surface area contributed by atoms with Crippen LogP contribution in [0.3, 0.4) is 0 Å². The zero-order valence-corrected chi connectivity index (χ0v) is 17.4. The van der Waals surface area contributed by atoms with E-state index in [0.29, 0.717) is 16.0 Å². The van der Waals surface area contributed by atoms with Crippen molar-refractivity contribution in [1.29, 1.82) is 0 Å². The SMILES string of the molecule is CCCCCCCC1COB(c2ccc(-c3cc(Cl)cc(Cl)c3)cc2)OC1. The van der Waals surface area contributed by atoms with Crippen molar-refractivity contribution in [3.63, 3.8) is 0 Å². The Hall–Kier alpha value is -0.995. The van der Waals surface area contributed by atoms with Crippen molar-refractivity contribution < 1.29 is 9.31 Å². The molecule has 1 aliphatic rings. The lowest BCUT2D eigenvalue weighted by molar-refractivity contribution is 0.0810. The molecule has 0 aliphatic carbocycles. The Balaban J connectivity index is 1.50. The zero-order chi connectivity index (χ0) is 19.1. The van der Waals surface area contributed by atoms with Crippen LogP contribution in [0, 0.1) is 5.92 Å². The molecular formula is C22H27BCl2O2. The molecule has 144 valence electrons. The third-order valence-corrected chi connectivity index (χ3v) is 5.50. The van der Waals surface area contributed by atoms with Crippen LogP contribution >= 0.6 is 23.2 Å². The lowest BCUT2D eigenvalue weighted by Gasteiger charge is -2.27. The van der Waals surface area contributed by atoms with Crippen molar-refractivity contribution in [2.24, 2.45) is 5.92 Å². The van der Waals surface area contributed by atoms with Crippen LogP contribution in [0.2, 0.25) is 10.0 Å². The molecule has 2 nitrogen and oxygen atoms in total. The van der Waals surface area contributed by atoms with Gasteiger partial charge in [-0.15, -0.1) is 0 Å². The van der Waals surface area contributed by atoms with Crippen LogP contribution < -0.4 is 5.46 Å². The van der Waals surface area contributed by atoms with Crippen molar-refractivity contribution in [2.75, 3.05) is 13.2 Å². The molecule has 5 heteroatoms. The summed E-state index contributed by atoms with van der Waals surface area (Å²) in [6, 6.07) is 13.8. The van der Waals surface area contributed by atoms with E-state index in [-0.39, 0.29) is 7.12 Å². The fourth-order valence-electron chi connectivity index (χ4n) is 3.49. The van der Waals surface area contributed by atoms with Crippen LogP contribution in [-0.4, -0.2) is 20.3 Å². The summed E-state index contributed by atoms with van der Waals surface area (Å²) in [5.74, 6) is 0.524. The van der Waals surface area contributed by atoms with Crippen molar-refractivity contribution in [2.45, 2.75) is 45.4 Å². The summed E-state index contributed by atoms with van der Waals surface area (Å²) in [5, 5.41) is 1.28. The molecule has 2 aromatic carbocycles. The van der Waals surface area contributed by atoms with Crippen molar-refractivity contribution in [3.05, 3.63) is 52.5 Å². The van der Waals surface area contributed by atoms with Gasteiger partial charge in [0.15, 0.2) is 0 Å². The molecule has 0 atom stereocenters. The normalized spacial score (nSPS) is 15.3. The number of hydrogen-bond donors (Lipinski definition) is 0. The monoisotopic (exact) mass is 404 g/mol. The second kappa shape index (κ2) is 10.5. The summed E-state index contributed by atoms with van der Waals surface area (Å²) in [5.41, 5.74) is 3.13. The second-order valence-electron chi connectivity index (χ2n) is 7.35. The molecule has 2 aromatic rings. The highest BCUT2D eigenvalue weighted by Crippen LogP contribution is 2.27. The third-order valence-electron chi connectivity index (χ3n) is 5.06. The van der Waals surface area contributed by atoms with Crippen LogP contribution in [0.5, 0.6) is 0 Å². The van der Waals surface area contributed by atoms with Gasteiger partial charge in [0, 0.05) is 29.2 Å². The fourth-order valence-corrected chi connectivity index (χ4v) is 4.02. The summed E-state index contributed by atoms with van der Waals surface area (Å²) in [6.45, 7) is 3.81. The molecular weight excluding hydrogens is 378 g/mol. The van der Waals surface area contributed by atoms with E-state index in [2.05, 4.69) is 31.2 Å². The number of hydrogen-bond acceptors (Lipinski definition) is 2. The van der Waals surface area contributed by atoms with E-state index < -0.39 is 0 Å². The predicted molar refractivity (Wildman–Crippen MR) is 116 cm³/mol. The summed E-state index contributed by atoms with van der Waals surface area (Å²) in [4.78, 5) is 0. The number of benzene rings is 2. The summed E-state index contributed by atoms with van der Waals surface area (Å²) < 4.78 is 11.9. The Morgan fingerprint density at radius 3 is 2.11 bits per heavy atom.